The molecule has 0 fully saturated rings. The Morgan fingerprint density at radius 1 is 1.15 bits per heavy atom. The number of carbonyl (C=O) groups excluding carboxylic acids is 2. The summed E-state index contributed by atoms with van der Waals surface area (Å²) in [5.74, 6) is -0.766. The van der Waals surface area contributed by atoms with Crippen molar-refractivity contribution in [3.8, 4) is 0 Å². The molecule has 0 bridgehead atoms. The van der Waals surface area contributed by atoms with Crippen molar-refractivity contribution in [2.75, 3.05) is 11.5 Å². The van der Waals surface area contributed by atoms with Crippen LogP contribution in [0.2, 0.25) is 5.02 Å². The fourth-order valence-corrected chi connectivity index (χ4v) is 3.23. The van der Waals surface area contributed by atoms with Crippen LogP contribution in [-0.4, -0.2) is 18.5 Å². The van der Waals surface area contributed by atoms with Gasteiger partial charge in [0.25, 0.3) is 5.91 Å². The second-order valence-corrected chi connectivity index (χ2v) is 6.71. The second-order valence-electron chi connectivity index (χ2n) is 6.27. The first-order valence-corrected chi connectivity index (χ1v) is 9.07. The van der Waals surface area contributed by atoms with Crippen molar-refractivity contribution in [1.82, 2.24) is 0 Å². The Balaban J connectivity index is 2.12. The molecule has 1 aliphatic heterocycles. The van der Waals surface area contributed by atoms with E-state index in [1.165, 1.54) is 4.90 Å². The van der Waals surface area contributed by atoms with Gasteiger partial charge in [-0.1, -0.05) is 41.4 Å². The molecule has 0 unspecified atom stereocenters. The SMILES string of the molecule is CCOC(=O)C1=C(C)N(c2ccc(Cl)cc2)C(=O)/C1=C\c1cccc(C)c1. The van der Waals surface area contributed by atoms with E-state index in [2.05, 4.69) is 0 Å². The molecule has 1 amide bonds. The molecule has 2 aromatic rings. The summed E-state index contributed by atoms with van der Waals surface area (Å²) >= 11 is 5.96. The number of amides is 1. The zero-order valence-corrected chi connectivity index (χ0v) is 16.2. The number of hydrogen-bond acceptors (Lipinski definition) is 3. The maximum absolute atomic E-state index is 13.2. The minimum Gasteiger partial charge on any atom is -0.462 e. The first kappa shape index (κ1) is 18.9. The molecule has 1 aliphatic rings. The summed E-state index contributed by atoms with van der Waals surface area (Å²) in [5, 5.41) is 0.577. The summed E-state index contributed by atoms with van der Waals surface area (Å²) in [6.07, 6.45) is 1.74. The molecule has 5 heteroatoms. The van der Waals surface area contributed by atoms with Gasteiger partial charge in [0.15, 0.2) is 0 Å². The standard InChI is InChI=1S/C22H20ClNO3/c1-4-27-22(26)20-15(3)24(18-10-8-17(23)9-11-18)21(25)19(20)13-16-7-5-6-14(2)12-16/h5-13H,4H2,1-3H3/b19-13-. The molecule has 4 nitrogen and oxygen atoms in total. The first-order valence-electron chi connectivity index (χ1n) is 8.69. The van der Waals surface area contributed by atoms with Gasteiger partial charge in [-0.2, -0.15) is 0 Å². The van der Waals surface area contributed by atoms with Crippen molar-refractivity contribution in [3.05, 3.63) is 81.5 Å². The predicted octanol–water partition coefficient (Wildman–Crippen LogP) is 4.92. The summed E-state index contributed by atoms with van der Waals surface area (Å²) in [4.78, 5) is 27.3. The summed E-state index contributed by atoms with van der Waals surface area (Å²) in [5.41, 5.74) is 3.73. The highest BCUT2D eigenvalue weighted by Crippen LogP contribution is 2.35. The number of rotatable bonds is 4. The van der Waals surface area contributed by atoms with Gasteiger partial charge in [0, 0.05) is 16.4 Å². The smallest absolute Gasteiger partial charge is 0.340 e. The van der Waals surface area contributed by atoms with Gasteiger partial charge in [0.2, 0.25) is 0 Å². The van der Waals surface area contributed by atoms with Crippen LogP contribution in [0.4, 0.5) is 5.69 Å². The number of esters is 1. The van der Waals surface area contributed by atoms with Gasteiger partial charge in [-0.3, -0.25) is 9.69 Å². The topological polar surface area (TPSA) is 46.6 Å². The molecular formula is C22H20ClNO3. The lowest BCUT2D eigenvalue weighted by Gasteiger charge is -2.18. The van der Waals surface area contributed by atoms with E-state index in [0.29, 0.717) is 27.6 Å². The third-order valence-corrected chi connectivity index (χ3v) is 4.57. The maximum atomic E-state index is 13.2. The minimum absolute atomic E-state index is 0.239. The lowest BCUT2D eigenvalue weighted by Crippen LogP contribution is -2.24. The molecule has 27 heavy (non-hydrogen) atoms. The largest absolute Gasteiger partial charge is 0.462 e. The van der Waals surface area contributed by atoms with Crippen molar-refractivity contribution in [2.24, 2.45) is 0 Å². The van der Waals surface area contributed by atoms with Crippen LogP contribution in [0, 0.1) is 6.92 Å². The predicted molar refractivity (Wildman–Crippen MR) is 107 cm³/mol. The van der Waals surface area contributed by atoms with E-state index in [1.54, 1.807) is 44.2 Å². The zero-order valence-electron chi connectivity index (χ0n) is 15.5. The molecule has 2 aromatic carbocycles. The van der Waals surface area contributed by atoms with Gasteiger partial charge in [0.1, 0.15) is 0 Å². The average Bonchev–Trinajstić information content (AvgIpc) is 2.86. The van der Waals surface area contributed by atoms with Crippen LogP contribution in [0.5, 0.6) is 0 Å². The van der Waals surface area contributed by atoms with Crippen LogP contribution in [0.1, 0.15) is 25.0 Å². The molecule has 0 aromatic heterocycles. The van der Waals surface area contributed by atoms with Crippen LogP contribution in [0.15, 0.2) is 65.4 Å². The number of aryl methyl sites for hydroxylation is 1. The van der Waals surface area contributed by atoms with Gasteiger partial charge < -0.3 is 4.74 Å². The monoisotopic (exact) mass is 381 g/mol. The van der Waals surface area contributed by atoms with Crippen molar-refractivity contribution in [2.45, 2.75) is 20.8 Å². The van der Waals surface area contributed by atoms with E-state index in [4.69, 9.17) is 16.3 Å². The number of benzene rings is 2. The van der Waals surface area contributed by atoms with E-state index < -0.39 is 5.97 Å². The number of halogens is 1. The molecule has 0 aliphatic carbocycles. The highest BCUT2D eigenvalue weighted by molar-refractivity contribution is 6.30. The number of hydrogen-bond donors (Lipinski definition) is 0. The molecule has 0 spiro atoms. The Morgan fingerprint density at radius 3 is 2.48 bits per heavy atom. The fourth-order valence-electron chi connectivity index (χ4n) is 3.11. The van der Waals surface area contributed by atoms with E-state index >= 15 is 0 Å². The number of ether oxygens (including phenoxy) is 1. The van der Waals surface area contributed by atoms with E-state index in [0.717, 1.165) is 11.1 Å². The highest BCUT2D eigenvalue weighted by atomic mass is 35.5. The van der Waals surface area contributed by atoms with Crippen LogP contribution in [0.3, 0.4) is 0 Å². The normalized spacial score (nSPS) is 15.6. The summed E-state index contributed by atoms with van der Waals surface area (Å²) in [6.45, 7) is 5.70. The molecular weight excluding hydrogens is 362 g/mol. The Bertz CT molecular complexity index is 958. The summed E-state index contributed by atoms with van der Waals surface area (Å²) < 4.78 is 5.20. The maximum Gasteiger partial charge on any atom is 0.340 e. The Kier molecular flexibility index (Phi) is 5.47. The molecule has 138 valence electrons. The number of carbonyl (C=O) groups is 2. The van der Waals surface area contributed by atoms with E-state index in [9.17, 15) is 9.59 Å². The van der Waals surface area contributed by atoms with Crippen LogP contribution in [-0.2, 0) is 14.3 Å². The second kappa shape index (κ2) is 7.80. The lowest BCUT2D eigenvalue weighted by molar-refractivity contribution is -0.138. The third-order valence-electron chi connectivity index (χ3n) is 4.32. The molecule has 0 N–H and O–H groups in total. The van der Waals surface area contributed by atoms with E-state index in [1.807, 2.05) is 31.2 Å². The Morgan fingerprint density at radius 2 is 1.85 bits per heavy atom. The average molecular weight is 382 g/mol. The van der Waals surface area contributed by atoms with Crippen molar-refractivity contribution in [1.29, 1.82) is 0 Å². The molecule has 3 rings (SSSR count). The highest BCUT2D eigenvalue weighted by Gasteiger charge is 2.38. The molecule has 0 saturated carbocycles. The quantitative estimate of drug-likeness (QED) is 0.558. The minimum atomic E-state index is -0.501. The molecule has 0 atom stereocenters. The molecule has 0 saturated heterocycles. The summed E-state index contributed by atoms with van der Waals surface area (Å²) in [6, 6.07) is 14.7. The van der Waals surface area contributed by atoms with Crippen LogP contribution < -0.4 is 4.90 Å². The van der Waals surface area contributed by atoms with Gasteiger partial charge in [-0.05, 0) is 56.7 Å². The van der Waals surface area contributed by atoms with Crippen LogP contribution in [0.25, 0.3) is 6.08 Å². The molecule has 1 heterocycles. The van der Waals surface area contributed by atoms with Gasteiger partial charge >= 0.3 is 5.97 Å². The van der Waals surface area contributed by atoms with Crippen LogP contribution >= 0.6 is 11.6 Å². The third kappa shape index (κ3) is 3.81. The van der Waals surface area contributed by atoms with E-state index in [-0.39, 0.29) is 12.5 Å². The summed E-state index contributed by atoms with van der Waals surface area (Å²) in [7, 11) is 0. The van der Waals surface area contributed by atoms with Gasteiger partial charge in [-0.15, -0.1) is 0 Å². The van der Waals surface area contributed by atoms with Crippen molar-refractivity contribution < 1.29 is 14.3 Å². The molecule has 0 radical (unpaired) electrons. The van der Waals surface area contributed by atoms with Gasteiger partial charge in [-0.25, -0.2) is 4.79 Å². The Hall–Kier alpha value is -2.85. The van der Waals surface area contributed by atoms with Gasteiger partial charge in [0.05, 0.1) is 17.8 Å². The Labute approximate surface area is 163 Å². The van der Waals surface area contributed by atoms with Crippen molar-refractivity contribution in [3.63, 3.8) is 0 Å². The zero-order chi connectivity index (χ0) is 19.6. The fraction of sp³-hybridized carbons (Fsp3) is 0.182. The number of anilines is 1. The number of nitrogens with zero attached hydrogens (tertiary/aromatic N) is 1. The van der Waals surface area contributed by atoms with Crippen molar-refractivity contribution >= 4 is 35.2 Å². The first-order chi connectivity index (χ1) is 12.9. The lowest BCUT2D eigenvalue weighted by atomic mass is 10.0. The number of allylic oxidation sites excluding steroid dienone is 1.